The number of alkyl carbamates (subject to hydrolysis) is 1. The van der Waals surface area contributed by atoms with Crippen molar-refractivity contribution in [2.45, 2.75) is 59.4 Å². The lowest BCUT2D eigenvalue weighted by Gasteiger charge is -2.19. The van der Waals surface area contributed by atoms with Crippen LogP contribution in [0.5, 0.6) is 0 Å². The molecule has 4 rings (SSSR count). The van der Waals surface area contributed by atoms with E-state index in [2.05, 4.69) is 16.8 Å². The number of hydrogen-bond acceptors (Lipinski definition) is 4. The first-order valence-corrected chi connectivity index (χ1v) is 11.4. The van der Waals surface area contributed by atoms with Crippen molar-refractivity contribution < 1.29 is 13.9 Å². The number of hydrogen-bond donors (Lipinski definition) is 1. The van der Waals surface area contributed by atoms with E-state index >= 15 is 0 Å². The van der Waals surface area contributed by atoms with Gasteiger partial charge in [0.15, 0.2) is 0 Å². The Morgan fingerprint density at radius 3 is 2.53 bits per heavy atom. The summed E-state index contributed by atoms with van der Waals surface area (Å²) >= 11 is 0. The molecule has 0 spiro atoms. The molecule has 0 aliphatic heterocycles. The molecule has 0 atom stereocenters. The summed E-state index contributed by atoms with van der Waals surface area (Å²) in [6.07, 6.45) is 0.409. The van der Waals surface area contributed by atoms with Gasteiger partial charge in [-0.3, -0.25) is 9.13 Å². The minimum atomic E-state index is -0.565. The summed E-state index contributed by atoms with van der Waals surface area (Å²) in [6, 6.07) is 10.2. The SMILES string of the molecule is CCCn1c(Cn2c(=O)n(C)c3ccc(F)cc32)nc2cc(CNC(=O)OC(C)(C)C)ccc21. The second-order valence-corrected chi connectivity index (χ2v) is 9.42. The van der Waals surface area contributed by atoms with Gasteiger partial charge >= 0.3 is 11.8 Å². The average Bonchev–Trinajstić information content (AvgIpc) is 3.21. The van der Waals surface area contributed by atoms with E-state index in [-0.39, 0.29) is 12.2 Å². The summed E-state index contributed by atoms with van der Waals surface area (Å²) in [7, 11) is 1.68. The van der Waals surface area contributed by atoms with Crippen LogP contribution in [0.2, 0.25) is 0 Å². The van der Waals surface area contributed by atoms with E-state index in [1.54, 1.807) is 17.7 Å². The molecular weight excluding hydrogens is 437 g/mol. The smallest absolute Gasteiger partial charge is 0.407 e. The summed E-state index contributed by atoms with van der Waals surface area (Å²) in [4.78, 5) is 29.7. The monoisotopic (exact) mass is 467 g/mol. The fourth-order valence-electron chi connectivity index (χ4n) is 4.10. The van der Waals surface area contributed by atoms with Gasteiger partial charge < -0.3 is 14.6 Å². The van der Waals surface area contributed by atoms with E-state index in [1.807, 2.05) is 39.0 Å². The number of benzene rings is 2. The Labute approximate surface area is 197 Å². The van der Waals surface area contributed by atoms with Crippen molar-refractivity contribution in [2.75, 3.05) is 0 Å². The molecule has 2 heterocycles. The Balaban J connectivity index is 1.67. The molecule has 0 saturated heterocycles. The van der Waals surface area contributed by atoms with Crippen molar-refractivity contribution >= 4 is 28.2 Å². The third-order valence-corrected chi connectivity index (χ3v) is 5.58. The molecule has 2 aromatic carbocycles. The molecule has 8 nitrogen and oxygen atoms in total. The van der Waals surface area contributed by atoms with E-state index < -0.39 is 17.5 Å². The number of amides is 1. The van der Waals surface area contributed by atoms with Crippen molar-refractivity contribution in [1.82, 2.24) is 24.0 Å². The molecule has 2 aromatic heterocycles. The number of ether oxygens (including phenoxy) is 1. The number of halogens is 1. The van der Waals surface area contributed by atoms with E-state index in [4.69, 9.17) is 9.72 Å². The summed E-state index contributed by atoms with van der Waals surface area (Å²) in [5, 5.41) is 2.76. The summed E-state index contributed by atoms with van der Waals surface area (Å²) in [5.41, 5.74) is 3.01. The molecule has 0 saturated carbocycles. The molecule has 1 amide bonds. The second-order valence-electron chi connectivity index (χ2n) is 9.42. The number of rotatable bonds is 6. The predicted octanol–water partition coefficient (Wildman–Crippen LogP) is 4.31. The highest BCUT2D eigenvalue weighted by molar-refractivity contribution is 5.78. The van der Waals surface area contributed by atoms with Crippen LogP contribution in [-0.2, 0) is 31.4 Å². The molecule has 0 unspecified atom stereocenters. The van der Waals surface area contributed by atoms with Gasteiger partial charge in [-0.2, -0.15) is 0 Å². The minimum absolute atomic E-state index is 0.222. The molecular formula is C25H30FN5O3. The van der Waals surface area contributed by atoms with E-state index in [1.165, 1.54) is 16.7 Å². The van der Waals surface area contributed by atoms with Crippen LogP contribution in [0.3, 0.4) is 0 Å². The Bertz CT molecular complexity index is 1420. The van der Waals surface area contributed by atoms with E-state index in [0.717, 1.165) is 29.6 Å². The van der Waals surface area contributed by atoms with Crippen LogP contribution in [0.25, 0.3) is 22.1 Å². The van der Waals surface area contributed by atoms with Gasteiger partial charge in [-0.05, 0) is 63.1 Å². The topological polar surface area (TPSA) is 83.1 Å². The molecule has 0 aliphatic carbocycles. The zero-order chi connectivity index (χ0) is 24.6. The van der Waals surface area contributed by atoms with Crippen LogP contribution in [0.15, 0.2) is 41.2 Å². The number of aromatic nitrogens is 4. The first kappa shape index (κ1) is 23.5. The Hall–Kier alpha value is -3.62. The highest BCUT2D eigenvalue weighted by Gasteiger charge is 2.18. The van der Waals surface area contributed by atoms with Crippen LogP contribution < -0.4 is 11.0 Å². The van der Waals surface area contributed by atoms with Gasteiger partial charge in [0.25, 0.3) is 0 Å². The van der Waals surface area contributed by atoms with Crippen LogP contribution >= 0.6 is 0 Å². The fourth-order valence-corrected chi connectivity index (χ4v) is 4.10. The number of nitrogens with one attached hydrogen (secondary N) is 1. The number of carbonyl (C=O) groups is 1. The van der Waals surface area contributed by atoms with Gasteiger partial charge in [0.1, 0.15) is 17.2 Å². The number of fused-ring (bicyclic) bond motifs is 2. The quantitative estimate of drug-likeness (QED) is 0.458. The van der Waals surface area contributed by atoms with Gasteiger partial charge in [0, 0.05) is 20.1 Å². The van der Waals surface area contributed by atoms with Crippen LogP contribution in [0.4, 0.5) is 9.18 Å². The number of aryl methyl sites for hydroxylation is 2. The largest absolute Gasteiger partial charge is 0.444 e. The number of carbonyl (C=O) groups excluding carboxylic acids is 1. The fraction of sp³-hybridized carbons (Fsp3) is 0.400. The molecule has 0 radical (unpaired) electrons. The third kappa shape index (κ3) is 4.69. The predicted molar refractivity (Wildman–Crippen MR) is 129 cm³/mol. The standard InChI is InChI=1S/C25H30FN5O3/c1-6-11-30-19-9-7-16(14-27-23(32)34-25(2,3)4)12-18(19)28-22(30)15-31-21-13-17(26)8-10-20(21)29(5)24(31)33/h7-10,12-13H,6,11,14-15H2,1-5H3,(H,27,32). The molecule has 0 fully saturated rings. The molecule has 1 N–H and O–H groups in total. The van der Waals surface area contributed by atoms with Crippen molar-refractivity contribution in [3.05, 3.63) is 64.1 Å². The third-order valence-electron chi connectivity index (χ3n) is 5.58. The molecule has 0 aliphatic rings. The molecule has 4 aromatic rings. The maximum absolute atomic E-state index is 13.9. The maximum atomic E-state index is 13.9. The molecule has 180 valence electrons. The average molecular weight is 468 g/mol. The van der Waals surface area contributed by atoms with Crippen molar-refractivity contribution in [2.24, 2.45) is 7.05 Å². The van der Waals surface area contributed by atoms with E-state index in [9.17, 15) is 14.0 Å². The lowest BCUT2D eigenvalue weighted by Crippen LogP contribution is -2.32. The van der Waals surface area contributed by atoms with Gasteiger partial charge in [0.05, 0.1) is 28.6 Å². The Morgan fingerprint density at radius 1 is 1.09 bits per heavy atom. The zero-order valence-corrected chi connectivity index (χ0v) is 20.2. The van der Waals surface area contributed by atoms with Crippen molar-refractivity contribution in [3.8, 4) is 0 Å². The van der Waals surface area contributed by atoms with Gasteiger partial charge in [-0.25, -0.2) is 19.0 Å². The summed E-state index contributed by atoms with van der Waals surface area (Å²) < 4.78 is 24.4. The van der Waals surface area contributed by atoms with Gasteiger partial charge in [-0.1, -0.05) is 13.0 Å². The van der Waals surface area contributed by atoms with E-state index in [0.29, 0.717) is 23.4 Å². The second kappa shape index (κ2) is 8.96. The number of nitrogens with zero attached hydrogens (tertiary/aromatic N) is 4. The van der Waals surface area contributed by atoms with Crippen LogP contribution in [-0.4, -0.2) is 30.4 Å². The van der Waals surface area contributed by atoms with Gasteiger partial charge in [-0.15, -0.1) is 0 Å². The van der Waals surface area contributed by atoms with Crippen molar-refractivity contribution in [3.63, 3.8) is 0 Å². The normalized spacial score (nSPS) is 11.9. The maximum Gasteiger partial charge on any atom is 0.407 e. The van der Waals surface area contributed by atoms with Gasteiger partial charge in [0.2, 0.25) is 0 Å². The van der Waals surface area contributed by atoms with Crippen LogP contribution in [0.1, 0.15) is 45.5 Å². The molecule has 9 heteroatoms. The molecule has 0 bridgehead atoms. The zero-order valence-electron chi connectivity index (χ0n) is 20.2. The Morgan fingerprint density at radius 2 is 1.82 bits per heavy atom. The first-order chi connectivity index (χ1) is 16.1. The number of imidazole rings is 2. The highest BCUT2D eigenvalue weighted by atomic mass is 19.1. The first-order valence-electron chi connectivity index (χ1n) is 11.4. The molecule has 34 heavy (non-hydrogen) atoms. The highest BCUT2D eigenvalue weighted by Crippen LogP contribution is 2.21. The van der Waals surface area contributed by atoms with Crippen LogP contribution in [0, 0.1) is 5.82 Å². The summed E-state index contributed by atoms with van der Waals surface area (Å²) in [6.45, 7) is 8.79. The summed E-state index contributed by atoms with van der Waals surface area (Å²) in [5.74, 6) is 0.323. The lowest BCUT2D eigenvalue weighted by atomic mass is 10.2. The minimum Gasteiger partial charge on any atom is -0.444 e. The Kier molecular flexibility index (Phi) is 6.20. The van der Waals surface area contributed by atoms with Crippen molar-refractivity contribution in [1.29, 1.82) is 0 Å². The lowest BCUT2D eigenvalue weighted by molar-refractivity contribution is 0.0523.